The molecule has 1 heterocycles. The number of ketones is 1. The van der Waals surface area contributed by atoms with E-state index in [4.69, 9.17) is 4.74 Å². The molecule has 1 aromatic heterocycles. The lowest BCUT2D eigenvalue weighted by Crippen LogP contribution is -2.20. The number of hydrogen-bond donors (Lipinski definition) is 1. The Kier molecular flexibility index (Phi) is 6.36. The Morgan fingerprint density at radius 2 is 1.96 bits per heavy atom. The molecule has 0 unspecified atom stereocenters. The van der Waals surface area contributed by atoms with Crippen LogP contribution in [0, 0.1) is 0 Å². The molecule has 0 spiro atoms. The van der Waals surface area contributed by atoms with Gasteiger partial charge in [-0.25, -0.2) is 4.98 Å². The van der Waals surface area contributed by atoms with Gasteiger partial charge in [0, 0.05) is 27.5 Å². The highest BCUT2D eigenvalue weighted by Crippen LogP contribution is 2.22. The summed E-state index contributed by atoms with van der Waals surface area (Å²) < 4.78 is 6.49. The van der Waals surface area contributed by atoms with Gasteiger partial charge in [-0.05, 0) is 36.8 Å². The second kappa shape index (κ2) is 8.92. The van der Waals surface area contributed by atoms with Gasteiger partial charge in [0.15, 0.2) is 17.5 Å². The van der Waals surface area contributed by atoms with Gasteiger partial charge < -0.3 is 4.74 Å². The van der Waals surface area contributed by atoms with Crippen LogP contribution in [0.15, 0.2) is 59.2 Å². The molecule has 0 aliphatic rings. The van der Waals surface area contributed by atoms with E-state index < -0.39 is 0 Å². The maximum absolute atomic E-state index is 12.1. The Morgan fingerprint density at radius 1 is 1.19 bits per heavy atom. The number of carbonyl (C=O) groups is 2. The molecule has 0 bridgehead atoms. The number of rotatable bonds is 7. The summed E-state index contributed by atoms with van der Waals surface area (Å²) in [6.45, 7) is 1.34. The van der Waals surface area contributed by atoms with Crippen LogP contribution in [0.25, 0.3) is 0 Å². The molecule has 138 valence electrons. The molecule has 1 N–H and O–H groups in total. The average molecular weight is 445 g/mol. The minimum atomic E-state index is -0.298. The molecule has 0 aliphatic carbocycles. The van der Waals surface area contributed by atoms with Crippen LogP contribution in [0.3, 0.4) is 0 Å². The van der Waals surface area contributed by atoms with Crippen LogP contribution in [0.5, 0.6) is 5.75 Å². The number of amides is 1. The molecule has 0 saturated heterocycles. The van der Waals surface area contributed by atoms with Crippen molar-refractivity contribution in [3.05, 3.63) is 75.2 Å². The highest BCUT2D eigenvalue weighted by molar-refractivity contribution is 9.10. The summed E-state index contributed by atoms with van der Waals surface area (Å²) in [6, 6.07) is 14.8. The summed E-state index contributed by atoms with van der Waals surface area (Å²) in [5.74, 6) is 0.131. The molecule has 1 amide bonds. The number of nitrogens with zero attached hydrogens (tertiary/aromatic N) is 1. The number of thiazole rings is 1. The van der Waals surface area contributed by atoms with Crippen LogP contribution in [0.1, 0.15) is 27.7 Å². The zero-order chi connectivity index (χ0) is 19.2. The zero-order valence-corrected chi connectivity index (χ0v) is 17.0. The fourth-order valence-corrected chi connectivity index (χ4v) is 3.49. The van der Waals surface area contributed by atoms with E-state index in [1.54, 1.807) is 30.5 Å². The number of ether oxygens (including phenoxy) is 1. The fourth-order valence-electron chi connectivity index (χ4n) is 2.36. The number of hydrogen-bond acceptors (Lipinski definition) is 5. The lowest BCUT2D eigenvalue weighted by molar-refractivity contribution is -0.118. The minimum Gasteiger partial charge on any atom is -0.484 e. The Morgan fingerprint density at radius 3 is 2.70 bits per heavy atom. The normalized spacial score (nSPS) is 10.4. The zero-order valence-electron chi connectivity index (χ0n) is 14.6. The quantitative estimate of drug-likeness (QED) is 0.535. The van der Waals surface area contributed by atoms with E-state index in [1.165, 1.54) is 23.8 Å². The third kappa shape index (κ3) is 5.74. The number of carbonyl (C=O) groups excluding carboxylic acids is 2. The van der Waals surface area contributed by atoms with E-state index in [1.807, 2.05) is 24.3 Å². The number of aromatic nitrogens is 1. The monoisotopic (exact) mass is 444 g/mol. The summed E-state index contributed by atoms with van der Waals surface area (Å²) in [5, 5.41) is 3.27. The van der Waals surface area contributed by atoms with Gasteiger partial charge in [0.25, 0.3) is 5.91 Å². The summed E-state index contributed by atoms with van der Waals surface area (Å²) in [6.07, 6.45) is 2.52. The Labute approximate surface area is 169 Å². The number of nitrogens with one attached hydrogen (secondary N) is 1. The molecule has 3 rings (SSSR count). The predicted molar refractivity (Wildman–Crippen MR) is 110 cm³/mol. The first-order valence-electron chi connectivity index (χ1n) is 8.22. The number of anilines is 1. The smallest absolute Gasteiger partial charge is 0.264 e. The van der Waals surface area contributed by atoms with Crippen LogP contribution in [-0.2, 0) is 11.2 Å². The largest absolute Gasteiger partial charge is 0.484 e. The average Bonchev–Trinajstić information content (AvgIpc) is 3.09. The molecular weight excluding hydrogens is 428 g/mol. The van der Waals surface area contributed by atoms with Gasteiger partial charge in [-0.15, -0.1) is 11.3 Å². The van der Waals surface area contributed by atoms with Gasteiger partial charge in [-0.3, -0.25) is 14.9 Å². The maximum atomic E-state index is 12.1. The standard InChI is InChI=1S/C20H17BrN2O3S/c1-13(24)15-3-2-4-17(10-15)26-12-19(25)23-20-22-11-18(27-20)9-14-5-7-16(21)8-6-14/h2-8,10-11H,9,12H2,1H3,(H,22,23,25). The van der Waals surface area contributed by atoms with Crippen molar-refractivity contribution in [1.82, 2.24) is 4.98 Å². The number of Topliss-reactive ketones (excluding diaryl/α,β-unsaturated/α-hetero) is 1. The second-order valence-corrected chi connectivity index (χ2v) is 7.89. The van der Waals surface area contributed by atoms with Crippen LogP contribution >= 0.6 is 27.3 Å². The first kappa shape index (κ1) is 19.3. The molecule has 0 radical (unpaired) electrons. The molecule has 0 saturated carbocycles. The minimum absolute atomic E-state index is 0.0500. The molecule has 27 heavy (non-hydrogen) atoms. The van der Waals surface area contributed by atoms with Crippen LogP contribution in [-0.4, -0.2) is 23.3 Å². The van der Waals surface area contributed by atoms with E-state index in [2.05, 4.69) is 26.2 Å². The Hall–Kier alpha value is -2.51. The first-order valence-corrected chi connectivity index (χ1v) is 9.83. The Balaban J connectivity index is 1.52. The van der Waals surface area contributed by atoms with Gasteiger partial charge in [-0.2, -0.15) is 0 Å². The van der Waals surface area contributed by atoms with Gasteiger partial charge >= 0.3 is 0 Å². The lowest BCUT2D eigenvalue weighted by atomic mass is 10.1. The topological polar surface area (TPSA) is 68.3 Å². The maximum Gasteiger partial charge on any atom is 0.264 e. The van der Waals surface area contributed by atoms with Crippen molar-refractivity contribution in [3.8, 4) is 5.75 Å². The van der Waals surface area contributed by atoms with Crippen molar-refractivity contribution < 1.29 is 14.3 Å². The molecule has 2 aromatic carbocycles. The van der Waals surface area contributed by atoms with E-state index in [9.17, 15) is 9.59 Å². The van der Waals surface area contributed by atoms with Crippen LogP contribution < -0.4 is 10.1 Å². The molecule has 5 nitrogen and oxygen atoms in total. The first-order chi connectivity index (χ1) is 13.0. The van der Waals surface area contributed by atoms with Crippen molar-refractivity contribution in [2.75, 3.05) is 11.9 Å². The van der Waals surface area contributed by atoms with Gasteiger partial charge in [-0.1, -0.05) is 40.2 Å². The molecule has 0 aliphatic heterocycles. The van der Waals surface area contributed by atoms with Gasteiger partial charge in [0.2, 0.25) is 0 Å². The highest BCUT2D eigenvalue weighted by atomic mass is 79.9. The molecule has 3 aromatic rings. The van der Waals surface area contributed by atoms with E-state index in [0.717, 1.165) is 15.8 Å². The Bertz CT molecular complexity index is 954. The summed E-state index contributed by atoms with van der Waals surface area (Å²) >= 11 is 4.85. The molecular formula is C20H17BrN2O3S. The second-order valence-electron chi connectivity index (χ2n) is 5.86. The van der Waals surface area contributed by atoms with Crippen LogP contribution in [0.2, 0.25) is 0 Å². The van der Waals surface area contributed by atoms with Gasteiger partial charge in [0.1, 0.15) is 5.75 Å². The third-order valence-corrected chi connectivity index (χ3v) is 5.14. The van der Waals surface area contributed by atoms with Crippen molar-refractivity contribution in [2.45, 2.75) is 13.3 Å². The molecule has 7 heteroatoms. The van der Waals surface area contributed by atoms with Crippen LogP contribution in [0.4, 0.5) is 5.13 Å². The van der Waals surface area contributed by atoms with Gasteiger partial charge in [0.05, 0.1) is 0 Å². The number of benzene rings is 2. The van der Waals surface area contributed by atoms with Crippen molar-refractivity contribution in [2.24, 2.45) is 0 Å². The SMILES string of the molecule is CC(=O)c1cccc(OCC(=O)Nc2ncc(Cc3ccc(Br)cc3)s2)c1. The summed E-state index contributed by atoms with van der Waals surface area (Å²) in [4.78, 5) is 28.7. The molecule has 0 atom stereocenters. The van der Waals surface area contributed by atoms with E-state index >= 15 is 0 Å². The van der Waals surface area contributed by atoms with E-state index in [-0.39, 0.29) is 18.3 Å². The highest BCUT2D eigenvalue weighted by Gasteiger charge is 2.09. The third-order valence-electron chi connectivity index (χ3n) is 3.70. The predicted octanol–water partition coefficient (Wildman–Crippen LogP) is 4.72. The van der Waals surface area contributed by atoms with Crippen molar-refractivity contribution in [1.29, 1.82) is 0 Å². The van der Waals surface area contributed by atoms with Crippen molar-refractivity contribution in [3.63, 3.8) is 0 Å². The fraction of sp³-hybridized carbons (Fsp3) is 0.150. The lowest BCUT2D eigenvalue weighted by Gasteiger charge is -2.06. The molecule has 0 fully saturated rings. The van der Waals surface area contributed by atoms with Crippen molar-refractivity contribution >= 4 is 44.1 Å². The van der Waals surface area contributed by atoms with E-state index in [0.29, 0.717) is 16.4 Å². The number of halogens is 1. The summed E-state index contributed by atoms with van der Waals surface area (Å²) in [5.41, 5.74) is 1.72. The summed E-state index contributed by atoms with van der Waals surface area (Å²) in [7, 11) is 0.